The number of hydrogen-bond acceptors (Lipinski definition) is 2. The Morgan fingerprint density at radius 3 is 1.65 bits per heavy atom. The zero-order valence-corrected chi connectivity index (χ0v) is 13.4. The van der Waals surface area contributed by atoms with Crippen molar-refractivity contribution in [2.45, 2.75) is 97.0 Å². The topological polar surface area (TPSA) is 57.5 Å². The van der Waals surface area contributed by atoms with E-state index in [-0.39, 0.29) is 0 Å². The second kappa shape index (κ2) is 13.4. The molecule has 0 saturated carbocycles. The number of carboxylic acid groups (broad SMARTS) is 1. The van der Waals surface area contributed by atoms with Crippen molar-refractivity contribution < 1.29 is 15.0 Å². The van der Waals surface area contributed by atoms with Gasteiger partial charge in [-0.25, -0.2) is 0 Å². The van der Waals surface area contributed by atoms with Crippen molar-refractivity contribution in [1.82, 2.24) is 0 Å². The predicted molar refractivity (Wildman–Crippen MR) is 83.9 cm³/mol. The first-order chi connectivity index (χ1) is 9.59. The smallest absolute Gasteiger partial charge is 0.308 e. The van der Waals surface area contributed by atoms with Crippen LogP contribution in [0.4, 0.5) is 0 Å². The summed E-state index contributed by atoms with van der Waals surface area (Å²) in [5, 5.41) is 18.4. The number of unbranched alkanes of at least 4 members (excludes halogenated alkanes) is 10. The van der Waals surface area contributed by atoms with E-state index in [0.29, 0.717) is 6.42 Å². The molecule has 3 nitrogen and oxygen atoms in total. The molecule has 0 aromatic heterocycles. The predicted octanol–water partition coefficient (Wildman–Crippen LogP) is 4.77. The van der Waals surface area contributed by atoms with Crippen molar-refractivity contribution in [2.75, 3.05) is 0 Å². The van der Waals surface area contributed by atoms with Crippen LogP contribution in [0.2, 0.25) is 0 Å². The van der Waals surface area contributed by atoms with Crippen molar-refractivity contribution in [3.63, 3.8) is 0 Å². The van der Waals surface area contributed by atoms with Crippen LogP contribution in [0.3, 0.4) is 0 Å². The average molecular weight is 286 g/mol. The van der Waals surface area contributed by atoms with Crippen LogP contribution < -0.4 is 0 Å². The molecular formula is C17H34O3. The second-order valence-electron chi connectivity index (χ2n) is 6.02. The molecule has 0 aromatic rings. The van der Waals surface area contributed by atoms with E-state index in [2.05, 4.69) is 6.92 Å². The van der Waals surface area contributed by atoms with E-state index in [4.69, 9.17) is 5.11 Å². The maximum absolute atomic E-state index is 10.7. The van der Waals surface area contributed by atoms with Gasteiger partial charge >= 0.3 is 5.97 Å². The maximum atomic E-state index is 10.7. The molecule has 0 aliphatic heterocycles. The third kappa shape index (κ3) is 11.3. The number of hydrogen-bond donors (Lipinski definition) is 2. The lowest BCUT2D eigenvalue weighted by molar-refractivity contribution is -0.144. The number of carboxylic acids is 1. The first-order valence-electron chi connectivity index (χ1n) is 8.50. The molecule has 2 atom stereocenters. The van der Waals surface area contributed by atoms with Crippen molar-refractivity contribution in [3.05, 3.63) is 0 Å². The van der Waals surface area contributed by atoms with E-state index in [1.807, 2.05) is 0 Å². The monoisotopic (exact) mass is 286 g/mol. The highest BCUT2D eigenvalue weighted by molar-refractivity contribution is 5.70. The van der Waals surface area contributed by atoms with Gasteiger partial charge in [0.05, 0.1) is 12.0 Å². The Hall–Kier alpha value is -0.570. The molecule has 2 unspecified atom stereocenters. The fraction of sp³-hybridized carbons (Fsp3) is 0.941. The Morgan fingerprint density at radius 1 is 0.850 bits per heavy atom. The summed E-state index contributed by atoms with van der Waals surface area (Å²) in [5.41, 5.74) is 0. The lowest BCUT2D eigenvalue weighted by Crippen LogP contribution is -2.25. The quantitative estimate of drug-likeness (QED) is 0.452. The molecule has 0 aromatic carbocycles. The van der Waals surface area contributed by atoms with Crippen LogP contribution in [0.5, 0.6) is 0 Å². The van der Waals surface area contributed by atoms with Crippen LogP contribution >= 0.6 is 0 Å². The molecule has 0 bridgehead atoms. The van der Waals surface area contributed by atoms with Gasteiger partial charge in [0, 0.05) is 0 Å². The Balaban J connectivity index is 3.22. The Kier molecular flexibility index (Phi) is 13.0. The fourth-order valence-corrected chi connectivity index (χ4v) is 2.43. The van der Waals surface area contributed by atoms with Crippen LogP contribution in [-0.4, -0.2) is 22.3 Å². The van der Waals surface area contributed by atoms with Crippen LogP contribution in [0.1, 0.15) is 90.9 Å². The molecule has 3 heteroatoms. The molecule has 0 spiro atoms. The summed E-state index contributed by atoms with van der Waals surface area (Å²) in [4.78, 5) is 10.7. The molecule has 2 N–H and O–H groups in total. The van der Waals surface area contributed by atoms with E-state index < -0.39 is 18.0 Å². The van der Waals surface area contributed by atoms with Crippen LogP contribution in [0.25, 0.3) is 0 Å². The second-order valence-corrected chi connectivity index (χ2v) is 6.02. The molecule has 0 radical (unpaired) electrons. The molecule has 0 aliphatic rings. The lowest BCUT2D eigenvalue weighted by Gasteiger charge is -2.14. The minimum absolute atomic E-state index is 0.616. The number of aliphatic hydroxyl groups excluding tert-OH is 1. The molecule has 120 valence electrons. The average Bonchev–Trinajstić information content (AvgIpc) is 2.43. The summed E-state index contributed by atoms with van der Waals surface area (Å²) in [6, 6.07) is 0. The third-order valence-corrected chi connectivity index (χ3v) is 4.07. The number of rotatable bonds is 14. The number of aliphatic carboxylic acids is 1. The standard InChI is InChI=1S/C17H34O3/c1-3-4-5-6-7-8-9-10-11-12-13-14-16(18)15(2)17(19)20/h15-16,18H,3-14H2,1-2H3,(H,19,20). The highest BCUT2D eigenvalue weighted by Crippen LogP contribution is 2.15. The molecule has 20 heavy (non-hydrogen) atoms. The van der Waals surface area contributed by atoms with Crippen molar-refractivity contribution in [3.8, 4) is 0 Å². The zero-order valence-electron chi connectivity index (χ0n) is 13.4. The van der Waals surface area contributed by atoms with Crippen molar-refractivity contribution in [1.29, 1.82) is 0 Å². The highest BCUT2D eigenvalue weighted by Gasteiger charge is 2.20. The van der Waals surface area contributed by atoms with Gasteiger partial charge in [-0.1, -0.05) is 77.6 Å². The van der Waals surface area contributed by atoms with Crippen molar-refractivity contribution in [2.24, 2.45) is 5.92 Å². The van der Waals surface area contributed by atoms with E-state index in [9.17, 15) is 9.90 Å². The van der Waals surface area contributed by atoms with Gasteiger partial charge < -0.3 is 10.2 Å². The molecule has 0 amide bonds. The van der Waals surface area contributed by atoms with Gasteiger partial charge in [-0.2, -0.15) is 0 Å². The SMILES string of the molecule is CCCCCCCCCCCCCC(O)C(C)C(=O)O. The zero-order chi connectivity index (χ0) is 15.2. The summed E-state index contributed by atoms with van der Waals surface area (Å²) in [6.45, 7) is 3.82. The summed E-state index contributed by atoms with van der Waals surface area (Å²) in [7, 11) is 0. The number of carbonyl (C=O) groups is 1. The normalized spacial score (nSPS) is 14.2. The van der Waals surface area contributed by atoms with Crippen LogP contribution in [0, 0.1) is 5.92 Å². The van der Waals surface area contributed by atoms with Gasteiger partial charge in [-0.05, 0) is 13.3 Å². The Morgan fingerprint density at radius 2 is 1.25 bits per heavy atom. The van der Waals surface area contributed by atoms with Gasteiger partial charge in [-0.3, -0.25) is 4.79 Å². The molecule has 0 fully saturated rings. The van der Waals surface area contributed by atoms with Crippen LogP contribution in [0.15, 0.2) is 0 Å². The minimum Gasteiger partial charge on any atom is -0.481 e. The van der Waals surface area contributed by atoms with E-state index in [0.717, 1.165) is 12.8 Å². The molecule has 0 aliphatic carbocycles. The summed E-state index contributed by atoms with van der Waals surface area (Å²) < 4.78 is 0. The fourth-order valence-electron chi connectivity index (χ4n) is 2.43. The first-order valence-corrected chi connectivity index (χ1v) is 8.50. The first kappa shape index (κ1) is 19.4. The van der Waals surface area contributed by atoms with E-state index in [1.165, 1.54) is 57.8 Å². The summed E-state index contributed by atoms with van der Waals surface area (Å²) in [6.07, 6.45) is 14.0. The van der Waals surface area contributed by atoms with Gasteiger partial charge in [0.25, 0.3) is 0 Å². The summed E-state index contributed by atoms with van der Waals surface area (Å²) >= 11 is 0. The minimum atomic E-state index is -0.902. The van der Waals surface area contributed by atoms with Gasteiger partial charge in [-0.15, -0.1) is 0 Å². The van der Waals surface area contributed by atoms with Crippen LogP contribution in [-0.2, 0) is 4.79 Å². The Bertz CT molecular complexity index is 228. The third-order valence-electron chi connectivity index (χ3n) is 4.07. The molecule has 0 saturated heterocycles. The highest BCUT2D eigenvalue weighted by atomic mass is 16.4. The summed E-state index contributed by atoms with van der Waals surface area (Å²) in [5.74, 6) is -1.54. The van der Waals surface area contributed by atoms with Crippen molar-refractivity contribution >= 4 is 5.97 Å². The Labute approximate surface area is 124 Å². The van der Waals surface area contributed by atoms with Gasteiger partial charge in [0.15, 0.2) is 0 Å². The molecule has 0 heterocycles. The number of aliphatic hydroxyl groups is 1. The lowest BCUT2D eigenvalue weighted by atomic mass is 9.98. The van der Waals surface area contributed by atoms with Gasteiger partial charge in [0.1, 0.15) is 0 Å². The van der Waals surface area contributed by atoms with E-state index in [1.54, 1.807) is 6.92 Å². The van der Waals surface area contributed by atoms with E-state index >= 15 is 0 Å². The maximum Gasteiger partial charge on any atom is 0.308 e. The largest absolute Gasteiger partial charge is 0.481 e. The van der Waals surface area contributed by atoms with Gasteiger partial charge in [0.2, 0.25) is 0 Å². The molecular weight excluding hydrogens is 252 g/mol. The molecule has 0 rings (SSSR count).